The molecule has 0 heterocycles. The number of carbonyl (C=O) groups is 1. The Morgan fingerprint density at radius 3 is 2.45 bits per heavy atom. The van der Waals surface area contributed by atoms with E-state index in [1.54, 1.807) is 0 Å². The quantitative estimate of drug-likeness (QED) is 0.460. The van der Waals surface area contributed by atoms with Crippen LogP contribution in [0.25, 0.3) is 0 Å². The number of hydrogen-bond acceptors (Lipinski definition) is 5. The highest BCUT2D eigenvalue weighted by atomic mass is 16.9. The Labute approximate surface area is 120 Å². The first-order valence-electron chi connectivity index (χ1n) is 7.07. The highest BCUT2D eigenvalue weighted by Crippen LogP contribution is 2.24. The summed E-state index contributed by atoms with van der Waals surface area (Å²) in [7, 11) is 0. The Balaban J connectivity index is 3.90. The van der Waals surface area contributed by atoms with Gasteiger partial charge in [-0.1, -0.05) is 27.7 Å². The fourth-order valence-electron chi connectivity index (χ4n) is 1.88. The van der Waals surface area contributed by atoms with Gasteiger partial charge >= 0.3 is 0 Å². The first kappa shape index (κ1) is 18.6. The van der Waals surface area contributed by atoms with Crippen LogP contribution in [-0.2, 0) is 9.63 Å². The van der Waals surface area contributed by atoms with E-state index in [0.29, 0.717) is 19.4 Å². The summed E-state index contributed by atoms with van der Waals surface area (Å²) in [6.07, 6.45) is 0.809. The third-order valence-electron chi connectivity index (χ3n) is 3.26. The second-order valence-electron chi connectivity index (χ2n) is 5.52. The largest absolute Gasteiger partial charge is 0.355 e. The fraction of sp³-hybridized carbons (Fsp3) is 0.923. The molecule has 0 aromatic heterocycles. The van der Waals surface area contributed by atoms with Gasteiger partial charge in [0, 0.05) is 19.5 Å². The van der Waals surface area contributed by atoms with Gasteiger partial charge < -0.3 is 15.1 Å². The highest BCUT2D eigenvalue weighted by Gasteiger charge is 2.22. The molecule has 0 radical (unpaired) electrons. The van der Waals surface area contributed by atoms with Gasteiger partial charge in [0.2, 0.25) is 5.91 Å². The zero-order valence-corrected chi connectivity index (χ0v) is 13.0. The lowest BCUT2D eigenvalue weighted by atomic mass is 9.86. The summed E-state index contributed by atoms with van der Waals surface area (Å²) < 4.78 is 0. The van der Waals surface area contributed by atoms with Crippen molar-refractivity contribution in [1.29, 1.82) is 0 Å². The molecule has 0 saturated heterocycles. The minimum Gasteiger partial charge on any atom is -0.355 e. The molecule has 0 saturated carbocycles. The Morgan fingerprint density at radius 2 is 1.95 bits per heavy atom. The summed E-state index contributed by atoms with van der Waals surface area (Å²) in [5.41, 5.74) is -0.310. The number of carbonyl (C=O) groups excluding carboxylic acids is 1. The van der Waals surface area contributed by atoms with Gasteiger partial charge in [-0.05, 0) is 24.9 Å². The summed E-state index contributed by atoms with van der Waals surface area (Å²) in [5.74, 6) is -0.0248. The SMILES string of the molecule is CCN(CC)CCNC(=O)CC(C)(C)CCO[N+](=O)[O-]. The van der Waals surface area contributed by atoms with Gasteiger partial charge in [0.1, 0.15) is 0 Å². The molecule has 118 valence electrons. The second kappa shape index (κ2) is 9.52. The van der Waals surface area contributed by atoms with Crippen molar-refractivity contribution in [2.75, 3.05) is 32.8 Å². The summed E-state index contributed by atoms with van der Waals surface area (Å²) in [6, 6.07) is 0. The van der Waals surface area contributed by atoms with Crippen LogP contribution in [-0.4, -0.2) is 48.7 Å². The topological polar surface area (TPSA) is 84.7 Å². The van der Waals surface area contributed by atoms with Crippen LogP contribution in [0.2, 0.25) is 0 Å². The molecule has 1 amide bonds. The van der Waals surface area contributed by atoms with Crippen molar-refractivity contribution in [3.05, 3.63) is 10.1 Å². The Bertz CT molecular complexity index is 304. The van der Waals surface area contributed by atoms with E-state index in [-0.39, 0.29) is 17.9 Å². The minimum atomic E-state index is -0.805. The van der Waals surface area contributed by atoms with Crippen molar-refractivity contribution < 1.29 is 14.7 Å². The van der Waals surface area contributed by atoms with E-state index >= 15 is 0 Å². The number of amides is 1. The fourth-order valence-corrected chi connectivity index (χ4v) is 1.88. The molecule has 0 aliphatic carbocycles. The van der Waals surface area contributed by atoms with Gasteiger partial charge in [0.25, 0.3) is 5.09 Å². The lowest BCUT2D eigenvalue weighted by Crippen LogP contribution is -2.36. The zero-order chi connectivity index (χ0) is 15.6. The maximum atomic E-state index is 11.8. The van der Waals surface area contributed by atoms with E-state index in [1.165, 1.54) is 0 Å². The van der Waals surface area contributed by atoms with Crippen molar-refractivity contribution in [2.45, 2.75) is 40.5 Å². The molecule has 0 fully saturated rings. The van der Waals surface area contributed by atoms with Crippen LogP contribution in [0, 0.1) is 15.5 Å². The van der Waals surface area contributed by atoms with Gasteiger partial charge in [0.05, 0.1) is 6.61 Å². The van der Waals surface area contributed by atoms with E-state index in [2.05, 4.69) is 28.9 Å². The highest BCUT2D eigenvalue weighted by molar-refractivity contribution is 5.76. The minimum absolute atomic E-state index is 0.0206. The predicted molar refractivity (Wildman–Crippen MR) is 76.8 cm³/mol. The lowest BCUT2D eigenvalue weighted by Gasteiger charge is -2.24. The van der Waals surface area contributed by atoms with Crippen molar-refractivity contribution >= 4 is 5.91 Å². The lowest BCUT2D eigenvalue weighted by molar-refractivity contribution is -0.758. The average molecular weight is 289 g/mol. The Kier molecular flexibility index (Phi) is 8.87. The molecular formula is C13H27N3O4. The van der Waals surface area contributed by atoms with Crippen molar-refractivity contribution in [1.82, 2.24) is 10.2 Å². The van der Waals surface area contributed by atoms with Gasteiger partial charge in [-0.25, -0.2) is 0 Å². The Hall–Kier alpha value is -1.37. The molecule has 0 aromatic carbocycles. The number of nitrogens with zero attached hydrogens (tertiary/aromatic N) is 2. The van der Waals surface area contributed by atoms with Crippen LogP contribution < -0.4 is 5.32 Å². The van der Waals surface area contributed by atoms with Gasteiger partial charge in [0.15, 0.2) is 0 Å². The normalized spacial score (nSPS) is 11.4. The standard InChI is InChI=1S/C13H27N3O4/c1-5-15(6-2)9-8-14-12(17)11-13(3,4)7-10-20-16(18)19/h5-11H2,1-4H3,(H,14,17). The monoisotopic (exact) mass is 289 g/mol. The molecule has 7 nitrogen and oxygen atoms in total. The van der Waals surface area contributed by atoms with Crippen molar-refractivity contribution in [3.63, 3.8) is 0 Å². The third-order valence-corrected chi connectivity index (χ3v) is 3.26. The van der Waals surface area contributed by atoms with Gasteiger partial charge in [-0.2, -0.15) is 0 Å². The average Bonchev–Trinajstić information content (AvgIpc) is 2.33. The van der Waals surface area contributed by atoms with E-state index < -0.39 is 5.09 Å². The van der Waals surface area contributed by atoms with Gasteiger partial charge in [-0.15, -0.1) is 10.1 Å². The van der Waals surface area contributed by atoms with Crippen LogP contribution in [0.15, 0.2) is 0 Å². The maximum absolute atomic E-state index is 11.8. The van der Waals surface area contributed by atoms with E-state index in [1.807, 2.05) is 13.8 Å². The molecule has 0 spiro atoms. The van der Waals surface area contributed by atoms with Crippen LogP contribution in [0.3, 0.4) is 0 Å². The van der Waals surface area contributed by atoms with Crippen molar-refractivity contribution in [3.8, 4) is 0 Å². The summed E-state index contributed by atoms with van der Waals surface area (Å²) in [6.45, 7) is 11.4. The smallest absolute Gasteiger partial charge is 0.294 e. The van der Waals surface area contributed by atoms with E-state index in [4.69, 9.17) is 0 Å². The molecule has 0 unspecified atom stereocenters. The van der Waals surface area contributed by atoms with E-state index in [9.17, 15) is 14.9 Å². The maximum Gasteiger partial charge on any atom is 0.294 e. The molecule has 0 aromatic rings. The third kappa shape index (κ3) is 9.55. The molecule has 7 heteroatoms. The molecule has 0 bridgehead atoms. The van der Waals surface area contributed by atoms with Crippen LogP contribution in [0.5, 0.6) is 0 Å². The summed E-state index contributed by atoms with van der Waals surface area (Å²) in [5, 5.41) is 12.1. The number of hydrogen-bond donors (Lipinski definition) is 1. The predicted octanol–water partition coefficient (Wildman–Crippen LogP) is 1.46. The molecule has 20 heavy (non-hydrogen) atoms. The van der Waals surface area contributed by atoms with Crippen LogP contribution in [0.1, 0.15) is 40.5 Å². The molecule has 0 aliphatic heterocycles. The van der Waals surface area contributed by atoms with E-state index in [0.717, 1.165) is 19.6 Å². The van der Waals surface area contributed by atoms with Crippen molar-refractivity contribution in [2.24, 2.45) is 5.41 Å². The number of rotatable bonds is 11. The Morgan fingerprint density at radius 1 is 1.35 bits per heavy atom. The summed E-state index contributed by atoms with van der Waals surface area (Å²) >= 11 is 0. The number of likely N-dealkylation sites (N-methyl/N-ethyl adjacent to an activating group) is 1. The number of nitrogens with one attached hydrogen (secondary N) is 1. The molecule has 0 aliphatic rings. The van der Waals surface area contributed by atoms with Crippen LogP contribution in [0.4, 0.5) is 0 Å². The zero-order valence-electron chi connectivity index (χ0n) is 13.0. The second-order valence-corrected chi connectivity index (χ2v) is 5.52. The summed E-state index contributed by atoms with van der Waals surface area (Å²) in [4.78, 5) is 28.4. The molecule has 0 atom stereocenters. The first-order valence-corrected chi connectivity index (χ1v) is 7.07. The molecule has 0 rings (SSSR count). The first-order chi connectivity index (χ1) is 9.30. The van der Waals surface area contributed by atoms with Gasteiger partial charge in [-0.3, -0.25) is 4.79 Å². The molecule has 1 N–H and O–H groups in total. The molecular weight excluding hydrogens is 262 g/mol. The van der Waals surface area contributed by atoms with Crippen LogP contribution >= 0.6 is 0 Å².